The third-order valence-corrected chi connectivity index (χ3v) is 3.99. The fourth-order valence-corrected chi connectivity index (χ4v) is 2.47. The summed E-state index contributed by atoms with van der Waals surface area (Å²) in [6.45, 7) is 3.20. The topological polar surface area (TPSA) is 54.2 Å². The lowest BCUT2D eigenvalue weighted by atomic mass is 10.2. The van der Waals surface area contributed by atoms with Crippen LogP contribution in [0.5, 0.6) is 0 Å². The first kappa shape index (κ1) is 20.8. The molecule has 2 N–H and O–H groups in total. The number of aliphatic imine (C=N–C) groups is 1. The molecule has 2 aromatic rings. The first-order chi connectivity index (χ1) is 11.2. The molecule has 0 unspecified atom stereocenters. The molecular weight excluding hydrogens is 440 g/mol. The molecule has 0 bridgehead atoms. The minimum atomic E-state index is -0.268. The van der Waals surface area contributed by atoms with E-state index in [0.717, 1.165) is 23.7 Å². The number of aryl methyl sites for hydroxylation is 1. The van der Waals surface area contributed by atoms with E-state index in [-0.39, 0.29) is 29.8 Å². The number of thioether (sulfide) groups is 1. The zero-order valence-corrected chi connectivity index (χ0v) is 17.2. The van der Waals surface area contributed by atoms with E-state index in [2.05, 4.69) is 26.9 Å². The van der Waals surface area contributed by atoms with Crippen molar-refractivity contribution in [3.05, 3.63) is 47.8 Å². The van der Waals surface area contributed by atoms with Gasteiger partial charge in [-0.2, -0.15) is 11.8 Å². The zero-order valence-electron chi connectivity index (χ0n) is 14.0. The number of guanidine groups is 1. The summed E-state index contributed by atoms with van der Waals surface area (Å²) < 4.78 is 16.1. The van der Waals surface area contributed by atoms with Gasteiger partial charge in [-0.05, 0) is 30.9 Å². The van der Waals surface area contributed by atoms with Crippen molar-refractivity contribution < 1.29 is 4.39 Å². The summed E-state index contributed by atoms with van der Waals surface area (Å²) in [5.74, 6) is 2.21. The fourth-order valence-electron chi connectivity index (χ4n) is 2.17. The van der Waals surface area contributed by atoms with Crippen molar-refractivity contribution >= 4 is 41.7 Å². The molecule has 2 rings (SSSR count). The third-order valence-electron chi connectivity index (χ3n) is 3.38. The molecule has 1 aromatic carbocycles. The van der Waals surface area contributed by atoms with E-state index in [0.29, 0.717) is 18.2 Å². The van der Waals surface area contributed by atoms with Gasteiger partial charge in [-0.15, -0.1) is 24.0 Å². The van der Waals surface area contributed by atoms with Gasteiger partial charge in [0, 0.05) is 38.3 Å². The van der Waals surface area contributed by atoms with Gasteiger partial charge in [-0.1, -0.05) is 6.07 Å². The highest BCUT2D eigenvalue weighted by molar-refractivity contribution is 14.0. The van der Waals surface area contributed by atoms with Gasteiger partial charge in [-0.25, -0.2) is 9.37 Å². The van der Waals surface area contributed by atoms with Crippen molar-refractivity contribution in [3.63, 3.8) is 0 Å². The molecule has 0 radical (unpaired) electrons. The predicted molar refractivity (Wildman–Crippen MR) is 110 cm³/mol. The van der Waals surface area contributed by atoms with Crippen LogP contribution in [0.3, 0.4) is 0 Å². The number of hydrogen-bond acceptors (Lipinski definition) is 3. The Kier molecular flexibility index (Phi) is 9.12. The summed E-state index contributed by atoms with van der Waals surface area (Å²) in [6.07, 6.45) is 5.47. The second-order valence-corrected chi connectivity index (χ2v) is 5.96. The van der Waals surface area contributed by atoms with Crippen LogP contribution in [-0.2, 0) is 6.54 Å². The molecule has 0 aliphatic carbocycles. The fraction of sp³-hybridized carbons (Fsp3) is 0.375. The average Bonchev–Trinajstić information content (AvgIpc) is 2.97. The van der Waals surface area contributed by atoms with Crippen LogP contribution in [0.4, 0.5) is 4.39 Å². The summed E-state index contributed by atoms with van der Waals surface area (Å²) in [4.78, 5) is 8.27. The van der Waals surface area contributed by atoms with Gasteiger partial charge in [0.15, 0.2) is 5.96 Å². The second kappa shape index (κ2) is 10.5. The molecule has 0 fully saturated rings. The first-order valence-corrected chi connectivity index (χ1v) is 8.77. The van der Waals surface area contributed by atoms with Crippen LogP contribution < -0.4 is 10.6 Å². The normalized spacial score (nSPS) is 11.1. The Morgan fingerprint density at radius 1 is 1.38 bits per heavy atom. The number of halogens is 2. The summed E-state index contributed by atoms with van der Waals surface area (Å²) in [6, 6.07) is 5.21. The van der Waals surface area contributed by atoms with Crippen molar-refractivity contribution in [2.45, 2.75) is 13.5 Å². The monoisotopic (exact) mass is 463 g/mol. The van der Waals surface area contributed by atoms with Crippen LogP contribution in [0.2, 0.25) is 0 Å². The minimum absolute atomic E-state index is 0. The van der Waals surface area contributed by atoms with E-state index in [4.69, 9.17) is 0 Å². The van der Waals surface area contributed by atoms with Gasteiger partial charge in [0.05, 0.1) is 5.69 Å². The van der Waals surface area contributed by atoms with Crippen LogP contribution in [0, 0.1) is 12.7 Å². The van der Waals surface area contributed by atoms with E-state index < -0.39 is 0 Å². The predicted octanol–water partition coefficient (Wildman–Crippen LogP) is 2.97. The lowest BCUT2D eigenvalue weighted by Gasteiger charge is -2.12. The Hall–Kier alpha value is -1.29. The van der Waals surface area contributed by atoms with Crippen LogP contribution in [-0.4, -0.2) is 41.1 Å². The Balaban J connectivity index is 0.00000288. The molecule has 5 nitrogen and oxygen atoms in total. The van der Waals surface area contributed by atoms with Crippen LogP contribution in [0.1, 0.15) is 11.4 Å². The van der Waals surface area contributed by atoms with Crippen molar-refractivity contribution in [3.8, 4) is 5.69 Å². The molecule has 0 saturated heterocycles. The Morgan fingerprint density at radius 3 is 2.75 bits per heavy atom. The summed E-state index contributed by atoms with van der Waals surface area (Å²) in [5, 5.41) is 6.39. The number of aromatic nitrogens is 2. The Bertz CT molecular complexity index is 674. The maximum absolute atomic E-state index is 14.3. The summed E-state index contributed by atoms with van der Waals surface area (Å²) >= 11 is 1.77. The number of benzene rings is 1. The third kappa shape index (κ3) is 5.66. The van der Waals surface area contributed by atoms with Crippen molar-refractivity contribution in [1.82, 2.24) is 20.2 Å². The van der Waals surface area contributed by atoms with E-state index in [9.17, 15) is 4.39 Å². The number of nitrogens with zero attached hydrogens (tertiary/aromatic N) is 3. The number of hydrogen-bond donors (Lipinski definition) is 2. The molecule has 24 heavy (non-hydrogen) atoms. The molecule has 0 amide bonds. The van der Waals surface area contributed by atoms with Gasteiger partial charge in [0.1, 0.15) is 11.6 Å². The largest absolute Gasteiger partial charge is 0.356 e. The molecule has 1 aromatic heterocycles. The number of rotatable bonds is 6. The van der Waals surface area contributed by atoms with Gasteiger partial charge in [0.2, 0.25) is 0 Å². The van der Waals surface area contributed by atoms with Gasteiger partial charge >= 0.3 is 0 Å². The minimum Gasteiger partial charge on any atom is -0.356 e. The van der Waals surface area contributed by atoms with Gasteiger partial charge in [0.25, 0.3) is 0 Å². The maximum Gasteiger partial charge on any atom is 0.191 e. The quantitative estimate of drug-likeness (QED) is 0.300. The lowest BCUT2D eigenvalue weighted by Crippen LogP contribution is -2.37. The van der Waals surface area contributed by atoms with E-state index in [1.807, 2.05) is 13.0 Å². The van der Waals surface area contributed by atoms with E-state index in [1.165, 1.54) is 6.07 Å². The molecule has 132 valence electrons. The summed E-state index contributed by atoms with van der Waals surface area (Å²) in [5.41, 5.74) is 1.36. The molecule has 8 heteroatoms. The Morgan fingerprint density at radius 2 is 2.17 bits per heavy atom. The van der Waals surface area contributed by atoms with Crippen LogP contribution in [0.15, 0.2) is 35.6 Å². The van der Waals surface area contributed by atoms with Crippen molar-refractivity contribution in [2.75, 3.05) is 25.6 Å². The van der Waals surface area contributed by atoms with Gasteiger partial charge < -0.3 is 15.2 Å². The average molecular weight is 463 g/mol. The zero-order chi connectivity index (χ0) is 16.7. The molecule has 0 aliphatic heterocycles. The highest BCUT2D eigenvalue weighted by Gasteiger charge is 2.08. The molecule has 0 aliphatic rings. The Labute approximate surface area is 163 Å². The number of nitrogens with one attached hydrogen (secondary N) is 2. The molecule has 0 atom stereocenters. The van der Waals surface area contributed by atoms with Crippen molar-refractivity contribution in [2.24, 2.45) is 4.99 Å². The molecule has 0 saturated carbocycles. The van der Waals surface area contributed by atoms with Gasteiger partial charge in [-0.3, -0.25) is 4.99 Å². The van der Waals surface area contributed by atoms with E-state index in [1.54, 1.807) is 41.8 Å². The van der Waals surface area contributed by atoms with Crippen LogP contribution >= 0.6 is 35.7 Å². The molecular formula is C16H23FIN5S. The van der Waals surface area contributed by atoms with Crippen LogP contribution in [0.25, 0.3) is 5.69 Å². The second-order valence-electron chi connectivity index (χ2n) is 4.98. The highest BCUT2D eigenvalue weighted by atomic mass is 127. The smallest absolute Gasteiger partial charge is 0.191 e. The molecule has 1 heterocycles. The summed E-state index contributed by atoms with van der Waals surface area (Å²) in [7, 11) is 1.72. The van der Waals surface area contributed by atoms with E-state index >= 15 is 0 Å². The lowest BCUT2D eigenvalue weighted by molar-refractivity contribution is 0.613. The first-order valence-electron chi connectivity index (χ1n) is 7.38. The standard InChI is InChI=1S/C16H22FN5S.HI/c1-12-19-6-8-22(12)15-5-4-13(10-14(15)17)11-21-16(18-2)20-7-9-23-3;/h4-6,8,10H,7,9,11H2,1-3H3,(H2,18,20,21);1H. The highest BCUT2D eigenvalue weighted by Crippen LogP contribution is 2.16. The SMILES string of the molecule is CN=C(NCCSC)NCc1ccc(-n2ccnc2C)c(F)c1.I. The molecule has 0 spiro atoms. The van der Waals surface area contributed by atoms with Crippen molar-refractivity contribution in [1.29, 1.82) is 0 Å². The number of imidazole rings is 1. The maximum atomic E-state index is 14.3.